The molecule has 1 aliphatic heterocycles. The van der Waals surface area contributed by atoms with E-state index in [1.807, 2.05) is 6.20 Å². The van der Waals surface area contributed by atoms with Gasteiger partial charge in [-0.1, -0.05) is 5.92 Å². The third-order valence-electron chi connectivity index (χ3n) is 8.63. The van der Waals surface area contributed by atoms with Crippen molar-refractivity contribution in [2.45, 2.75) is 68.9 Å². The normalized spacial score (nSPS) is 28.1. The molecule has 216 valence electrons. The highest BCUT2D eigenvalue weighted by Crippen LogP contribution is 2.66. The Morgan fingerprint density at radius 2 is 2.23 bits per heavy atom. The van der Waals surface area contributed by atoms with E-state index in [4.69, 9.17) is 12.2 Å². The number of rotatable bonds is 8. The van der Waals surface area contributed by atoms with E-state index >= 15 is 0 Å². The van der Waals surface area contributed by atoms with Crippen LogP contribution >= 0.6 is 11.3 Å². The predicted molar refractivity (Wildman–Crippen MR) is 146 cm³/mol. The number of halogens is 4. The summed E-state index contributed by atoms with van der Waals surface area (Å²) in [4.78, 5) is 23.3. The lowest BCUT2D eigenvalue weighted by molar-refractivity contribution is -0.139. The summed E-state index contributed by atoms with van der Waals surface area (Å²) in [6.07, 6.45) is 5.95. The molecule has 2 aliphatic carbocycles. The second-order valence-electron chi connectivity index (χ2n) is 11.0. The molecule has 1 saturated heterocycles. The summed E-state index contributed by atoms with van der Waals surface area (Å²) in [6, 6.07) is 2.25. The van der Waals surface area contributed by atoms with Crippen LogP contribution in [0.25, 0.3) is 0 Å². The van der Waals surface area contributed by atoms with Gasteiger partial charge in [-0.05, 0) is 56.7 Å². The van der Waals surface area contributed by atoms with E-state index in [-0.39, 0.29) is 35.1 Å². The highest BCUT2D eigenvalue weighted by molar-refractivity contribution is 7.11. The zero-order valence-corrected chi connectivity index (χ0v) is 23.1. The molecule has 0 radical (unpaired) electrons. The van der Waals surface area contributed by atoms with E-state index in [1.165, 1.54) is 4.88 Å². The Hall–Kier alpha value is -2.72. The maximum atomic E-state index is 13.8. The Kier molecular flexibility index (Phi) is 8.12. The number of hydrogen-bond acceptors (Lipinski definition) is 6. The summed E-state index contributed by atoms with van der Waals surface area (Å²) in [6.45, 7) is 5.16. The van der Waals surface area contributed by atoms with Gasteiger partial charge in [0, 0.05) is 67.0 Å². The fourth-order valence-corrected chi connectivity index (χ4v) is 7.46. The first-order valence-corrected chi connectivity index (χ1v) is 14.4. The molecule has 0 bridgehead atoms. The number of anilines is 1. The standard InChI is InChI=1S/C28H34F4N6OS/c1-3-18-16-37(17(2)14-34-18)9-4-10-38(26(39)36-19-5-6-22(29)20(11-19)28(30,31)32)23-7-8-27(12-21(23)27)24-15-35-25(13-33)40-24/h1,5-6,11,15,17-18,21,23,34H,4,7-10,12-14,16,33H2,2H3,(H,36,39)/t17-,18+,21?,23+,27-/m0/s1. The van der Waals surface area contributed by atoms with Gasteiger partial charge in [0.25, 0.3) is 0 Å². The number of benzene rings is 1. The average Bonchev–Trinajstić information content (AvgIpc) is 3.26. The molecule has 7 nitrogen and oxygen atoms in total. The van der Waals surface area contributed by atoms with Crippen LogP contribution in [0.2, 0.25) is 0 Å². The number of terminal acetylenes is 1. The molecule has 0 spiro atoms. The second-order valence-corrected chi connectivity index (χ2v) is 12.2. The van der Waals surface area contributed by atoms with E-state index in [9.17, 15) is 22.4 Å². The number of hydrogen-bond donors (Lipinski definition) is 3. The largest absolute Gasteiger partial charge is 0.419 e. The minimum absolute atomic E-state index is 0.0271. The minimum atomic E-state index is -4.86. The quantitative estimate of drug-likeness (QED) is 0.320. The number of fused-ring (bicyclic) bond motifs is 1. The van der Waals surface area contributed by atoms with Crippen molar-refractivity contribution in [2.75, 3.05) is 31.5 Å². The molecule has 2 amide bonds. The molecule has 1 aromatic carbocycles. The van der Waals surface area contributed by atoms with Gasteiger partial charge in [-0.2, -0.15) is 13.2 Å². The van der Waals surface area contributed by atoms with E-state index < -0.39 is 23.6 Å². The van der Waals surface area contributed by atoms with Crippen molar-refractivity contribution in [1.82, 2.24) is 20.1 Å². The van der Waals surface area contributed by atoms with Crippen LogP contribution in [0.15, 0.2) is 24.4 Å². The van der Waals surface area contributed by atoms with Gasteiger partial charge in [0.1, 0.15) is 10.8 Å². The number of carbonyl (C=O) groups is 1. The lowest BCUT2D eigenvalue weighted by atomic mass is 10.0. The van der Waals surface area contributed by atoms with Gasteiger partial charge in [0.05, 0.1) is 11.6 Å². The number of aromatic nitrogens is 1. The van der Waals surface area contributed by atoms with Crippen LogP contribution in [-0.2, 0) is 18.1 Å². The van der Waals surface area contributed by atoms with Crippen molar-refractivity contribution < 1.29 is 22.4 Å². The lowest BCUT2D eigenvalue weighted by Gasteiger charge is -2.38. The SMILES string of the molecule is C#C[C@@H]1CN(CCCN(C(=O)Nc2ccc(F)c(C(F)(F)F)c2)[C@@H]2CC[C@]3(c4cnc(CN)s4)CC23)[C@@H](C)CN1. The van der Waals surface area contributed by atoms with Gasteiger partial charge < -0.3 is 21.3 Å². The molecule has 3 fully saturated rings. The number of alkyl halides is 3. The van der Waals surface area contributed by atoms with Crippen molar-refractivity contribution in [3.63, 3.8) is 0 Å². The van der Waals surface area contributed by atoms with Crippen LogP contribution in [0.5, 0.6) is 0 Å². The Balaban J connectivity index is 1.32. The third kappa shape index (κ3) is 5.70. The van der Waals surface area contributed by atoms with Gasteiger partial charge in [-0.15, -0.1) is 17.8 Å². The van der Waals surface area contributed by atoms with Crippen molar-refractivity contribution in [1.29, 1.82) is 0 Å². The summed E-state index contributed by atoms with van der Waals surface area (Å²) in [5.74, 6) is 1.62. The van der Waals surface area contributed by atoms with E-state index in [1.54, 1.807) is 16.2 Å². The van der Waals surface area contributed by atoms with E-state index in [0.29, 0.717) is 32.1 Å². The van der Waals surface area contributed by atoms with Gasteiger partial charge >= 0.3 is 12.2 Å². The van der Waals surface area contributed by atoms with Crippen molar-refractivity contribution in [3.8, 4) is 12.3 Å². The van der Waals surface area contributed by atoms with Gasteiger partial charge in [-0.25, -0.2) is 14.2 Å². The first-order chi connectivity index (χ1) is 19.1. The Bertz CT molecular complexity index is 1280. The molecule has 4 N–H and O–H groups in total. The fraction of sp³-hybridized carbons (Fsp3) is 0.571. The summed E-state index contributed by atoms with van der Waals surface area (Å²) >= 11 is 1.61. The molecule has 1 aromatic heterocycles. The van der Waals surface area contributed by atoms with E-state index in [0.717, 1.165) is 49.5 Å². The Morgan fingerprint density at radius 1 is 1.43 bits per heavy atom. The summed E-state index contributed by atoms with van der Waals surface area (Å²) in [5.41, 5.74) is 4.25. The molecular formula is C28H34F4N6OS. The van der Waals surface area contributed by atoms with Crippen molar-refractivity contribution in [3.05, 3.63) is 45.7 Å². The molecular weight excluding hydrogens is 544 g/mol. The second kappa shape index (κ2) is 11.3. The molecule has 2 aromatic rings. The molecule has 2 saturated carbocycles. The number of urea groups is 1. The van der Waals surface area contributed by atoms with Crippen LogP contribution in [0.1, 0.15) is 48.1 Å². The number of piperazine rings is 1. The van der Waals surface area contributed by atoms with Crippen molar-refractivity contribution >= 4 is 23.1 Å². The highest BCUT2D eigenvalue weighted by Gasteiger charge is 2.64. The monoisotopic (exact) mass is 578 g/mol. The van der Waals surface area contributed by atoms with Gasteiger partial charge in [-0.3, -0.25) is 4.90 Å². The van der Waals surface area contributed by atoms with E-state index in [2.05, 4.69) is 33.4 Å². The van der Waals surface area contributed by atoms with Crippen LogP contribution in [0.3, 0.4) is 0 Å². The van der Waals surface area contributed by atoms with Crippen LogP contribution in [0, 0.1) is 24.1 Å². The maximum Gasteiger partial charge on any atom is 0.419 e. The maximum absolute atomic E-state index is 13.8. The van der Waals surface area contributed by atoms with Gasteiger partial charge in [0.15, 0.2) is 0 Å². The minimum Gasteiger partial charge on any atom is -0.325 e. The van der Waals surface area contributed by atoms with Crippen LogP contribution in [0.4, 0.5) is 28.0 Å². The zero-order valence-electron chi connectivity index (χ0n) is 22.3. The Labute approximate surface area is 235 Å². The molecule has 5 rings (SSSR count). The number of amides is 2. The third-order valence-corrected chi connectivity index (χ3v) is 9.87. The first-order valence-electron chi connectivity index (χ1n) is 13.6. The predicted octanol–water partition coefficient (Wildman–Crippen LogP) is 4.40. The Morgan fingerprint density at radius 3 is 2.90 bits per heavy atom. The van der Waals surface area contributed by atoms with Gasteiger partial charge in [0.2, 0.25) is 0 Å². The fourth-order valence-electron chi connectivity index (χ4n) is 6.37. The molecule has 5 atom stereocenters. The number of nitrogens with one attached hydrogen (secondary N) is 2. The zero-order chi connectivity index (χ0) is 28.7. The molecule has 12 heteroatoms. The number of carbonyl (C=O) groups excluding carboxylic acids is 1. The topological polar surface area (TPSA) is 86.5 Å². The molecule has 3 aliphatic rings. The smallest absolute Gasteiger partial charge is 0.325 e. The first kappa shape index (κ1) is 28.8. The lowest BCUT2D eigenvalue weighted by Crippen LogP contribution is -2.55. The highest BCUT2D eigenvalue weighted by atomic mass is 32.1. The molecule has 1 unspecified atom stereocenters. The molecule has 40 heavy (non-hydrogen) atoms. The summed E-state index contributed by atoms with van der Waals surface area (Å²) < 4.78 is 53.7. The van der Waals surface area contributed by atoms with Crippen molar-refractivity contribution in [2.24, 2.45) is 11.7 Å². The number of thiazole rings is 1. The van der Waals surface area contributed by atoms with Crippen LogP contribution < -0.4 is 16.4 Å². The summed E-state index contributed by atoms with van der Waals surface area (Å²) in [7, 11) is 0. The number of nitrogens with two attached hydrogens (primary N) is 1. The summed E-state index contributed by atoms with van der Waals surface area (Å²) in [5, 5.41) is 6.82. The average molecular weight is 579 g/mol. The molecule has 2 heterocycles. The van der Waals surface area contributed by atoms with Crippen LogP contribution in [-0.4, -0.2) is 65.1 Å². The number of nitrogens with zero attached hydrogens (tertiary/aromatic N) is 3.